The summed E-state index contributed by atoms with van der Waals surface area (Å²) in [6.45, 7) is 7.42. The van der Waals surface area contributed by atoms with Crippen LogP contribution >= 0.6 is 0 Å². The van der Waals surface area contributed by atoms with Gasteiger partial charge in [-0.25, -0.2) is 17.8 Å². The number of hydrogen-bond acceptors (Lipinski definition) is 4. The fourth-order valence-corrected chi connectivity index (χ4v) is 4.82. The highest BCUT2D eigenvalue weighted by atomic mass is 32.2. The number of nitrogens with zero attached hydrogens (tertiary/aromatic N) is 2. The summed E-state index contributed by atoms with van der Waals surface area (Å²) in [4.78, 5) is 13.5. The van der Waals surface area contributed by atoms with Gasteiger partial charge < -0.3 is 0 Å². The van der Waals surface area contributed by atoms with Crippen LogP contribution in [0, 0.1) is 26.7 Å². The van der Waals surface area contributed by atoms with Crippen molar-refractivity contribution < 1.29 is 13.2 Å². The lowest BCUT2D eigenvalue weighted by Crippen LogP contribution is -2.39. The Bertz CT molecular complexity index is 1120. The Morgan fingerprint density at radius 3 is 2.20 bits per heavy atom. The summed E-state index contributed by atoms with van der Waals surface area (Å²) >= 11 is 0. The molecule has 3 rings (SSSR count). The average molecular weight is 426 g/mol. The Balaban J connectivity index is 2.02. The van der Waals surface area contributed by atoms with Crippen molar-refractivity contribution in [2.75, 3.05) is 0 Å². The molecule has 1 N–H and O–H groups in total. The van der Waals surface area contributed by atoms with Gasteiger partial charge in [-0.15, -0.1) is 0 Å². The van der Waals surface area contributed by atoms with E-state index >= 15 is 0 Å². The lowest BCUT2D eigenvalue weighted by molar-refractivity contribution is 0.0783. The second kappa shape index (κ2) is 8.93. The highest BCUT2D eigenvalue weighted by Gasteiger charge is 2.33. The van der Waals surface area contributed by atoms with Crippen molar-refractivity contribution in [1.82, 2.24) is 14.5 Å². The van der Waals surface area contributed by atoms with Crippen molar-refractivity contribution >= 4 is 15.9 Å². The molecular formula is C23H27N3O3S. The Hall–Kier alpha value is -2.77. The molecule has 3 aromatic rings. The number of benzene rings is 2. The van der Waals surface area contributed by atoms with Crippen LogP contribution in [0.1, 0.15) is 46.7 Å². The summed E-state index contributed by atoms with van der Waals surface area (Å²) in [7, 11) is -3.83. The van der Waals surface area contributed by atoms with Crippen LogP contribution in [0.3, 0.4) is 0 Å². The van der Waals surface area contributed by atoms with E-state index in [2.05, 4.69) is 9.82 Å². The van der Waals surface area contributed by atoms with Crippen LogP contribution in [-0.2, 0) is 10.0 Å². The van der Waals surface area contributed by atoms with E-state index < -0.39 is 22.0 Å². The van der Waals surface area contributed by atoms with Gasteiger partial charge >= 0.3 is 0 Å². The van der Waals surface area contributed by atoms with Gasteiger partial charge in [0, 0.05) is 5.69 Å². The molecule has 0 aliphatic rings. The van der Waals surface area contributed by atoms with Crippen LogP contribution in [0.5, 0.6) is 0 Å². The summed E-state index contributed by atoms with van der Waals surface area (Å²) in [5, 5.41) is 4.31. The van der Waals surface area contributed by atoms with Crippen LogP contribution in [0.25, 0.3) is 0 Å². The molecule has 0 fully saturated rings. The molecule has 158 valence electrons. The molecule has 0 aliphatic carbocycles. The molecule has 0 radical (unpaired) electrons. The smallest absolute Gasteiger partial charge is 0.252 e. The van der Waals surface area contributed by atoms with Crippen LogP contribution in [-0.4, -0.2) is 24.1 Å². The minimum atomic E-state index is -3.83. The second-order valence-electron chi connectivity index (χ2n) is 7.51. The summed E-state index contributed by atoms with van der Waals surface area (Å²) in [6, 6.07) is 17.0. The first kappa shape index (κ1) is 21.9. The van der Waals surface area contributed by atoms with E-state index in [9.17, 15) is 13.2 Å². The molecule has 2 aromatic carbocycles. The van der Waals surface area contributed by atoms with Crippen molar-refractivity contribution in [3.8, 4) is 0 Å². The molecular weight excluding hydrogens is 398 g/mol. The Morgan fingerprint density at radius 1 is 1.03 bits per heavy atom. The quantitative estimate of drug-likeness (QED) is 0.615. The second-order valence-corrected chi connectivity index (χ2v) is 9.23. The first-order valence-electron chi connectivity index (χ1n) is 9.94. The third kappa shape index (κ3) is 4.68. The van der Waals surface area contributed by atoms with Crippen molar-refractivity contribution in [1.29, 1.82) is 0 Å². The zero-order valence-corrected chi connectivity index (χ0v) is 18.5. The monoisotopic (exact) mass is 425 g/mol. The van der Waals surface area contributed by atoms with Gasteiger partial charge in [0.05, 0.1) is 22.5 Å². The van der Waals surface area contributed by atoms with Gasteiger partial charge in [0.2, 0.25) is 10.0 Å². The summed E-state index contributed by atoms with van der Waals surface area (Å²) in [5.74, 6) is -0.853. The molecule has 7 heteroatoms. The number of aromatic nitrogens is 2. The fourth-order valence-electron chi connectivity index (χ4n) is 3.56. The molecule has 0 aliphatic heterocycles. The van der Waals surface area contributed by atoms with E-state index in [0.717, 1.165) is 22.5 Å². The van der Waals surface area contributed by atoms with Crippen molar-refractivity contribution in [2.45, 2.75) is 45.1 Å². The zero-order valence-electron chi connectivity index (χ0n) is 17.7. The molecule has 0 amide bonds. The predicted molar refractivity (Wildman–Crippen MR) is 117 cm³/mol. The van der Waals surface area contributed by atoms with E-state index in [1.807, 2.05) is 64.1 Å². The molecule has 0 saturated carbocycles. The van der Waals surface area contributed by atoms with E-state index in [1.165, 1.54) is 4.68 Å². The third-order valence-corrected chi connectivity index (χ3v) is 6.61. The van der Waals surface area contributed by atoms with Crippen molar-refractivity contribution in [2.24, 2.45) is 5.92 Å². The number of hydrogen-bond donors (Lipinski definition) is 1. The molecule has 1 aromatic heterocycles. The van der Waals surface area contributed by atoms with Crippen LogP contribution in [0.2, 0.25) is 0 Å². The normalized spacial score (nSPS) is 13.7. The first-order chi connectivity index (χ1) is 14.2. The van der Waals surface area contributed by atoms with Crippen LogP contribution in [0.15, 0.2) is 65.6 Å². The lowest BCUT2D eigenvalue weighted by Gasteiger charge is -2.27. The zero-order chi connectivity index (χ0) is 21.9. The predicted octanol–water partition coefficient (Wildman–Crippen LogP) is 4.19. The minimum absolute atomic E-state index is 0.169. The maximum absolute atomic E-state index is 13.4. The topological polar surface area (TPSA) is 81.1 Å². The van der Waals surface area contributed by atoms with Gasteiger partial charge in [0.1, 0.15) is 0 Å². The Labute approximate surface area is 178 Å². The lowest BCUT2D eigenvalue weighted by atomic mass is 9.91. The number of aryl methyl sites for hydroxylation is 3. The molecule has 30 heavy (non-hydrogen) atoms. The molecule has 6 nitrogen and oxygen atoms in total. The number of sulfonamides is 1. The van der Waals surface area contributed by atoms with Crippen LogP contribution in [0.4, 0.5) is 0 Å². The van der Waals surface area contributed by atoms with E-state index in [-0.39, 0.29) is 10.8 Å². The van der Waals surface area contributed by atoms with E-state index in [4.69, 9.17) is 0 Å². The minimum Gasteiger partial charge on any atom is -0.272 e. The molecule has 0 bridgehead atoms. The van der Waals surface area contributed by atoms with E-state index in [1.54, 1.807) is 24.3 Å². The third-order valence-electron chi connectivity index (χ3n) is 5.15. The van der Waals surface area contributed by atoms with Crippen LogP contribution < -0.4 is 4.72 Å². The Morgan fingerprint density at radius 2 is 1.67 bits per heavy atom. The summed E-state index contributed by atoms with van der Waals surface area (Å²) < 4.78 is 30.4. The summed E-state index contributed by atoms with van der Waals surface area (Å²) in [5.41, 5.74) is 3.17. The molecule has 0 unspecified atom stereocenters. The highest BCUT2D eigenvalue weighted by Crippen LogP contribution is 2.29. The molecule has 1 heterocycles. The fraction of sp³-hybridized carbons (Fsp3) is 0.304. The van der Waals surface area contributed by atoms with Crippen molar-refractivity contribution in [3.63, 3.8) is 0 Å². The van der Waals surface area contributed by atoms with Gasteiger partial charge in [-0.05, 0) is 51.0 Å². The standard InChI is InChI=1S/C23H27N3O3S/c1-5-21(23(27)26-18(4)15-17(3)24-26)22(19-9-7-6-8-10-19)25-30(28,29)20-13-11-16(2)12-14-20/h6-15,21-22,25H,5H2,1-4H3/t21-,22-/m1/s1. The number of carbonyl (C=O) groups excluding carboxylic acids is 1. The van der Waals surface area contributed by atoms with Crippen molar-refractivity contribution in [3.05, 3.63) is 83.2 Å². The number of nitrogens with one attached hydrogen (secondary N) is 1. The summed E-state index contributed by atoms with van der Waals surface area (Å²) in [6.07, 6.45) is 0.452. The van der Waals surface area contributed by atoms with Gasteiger partial charge in [-0.1, -0.05) is 55.0 Å². The first-order valence-corrected chi connectivity index (χ1v) is 11.4. The maximum Gasteiger partial charge on any atom is 0.252 e. The molecule has 2 atom stereocenters. The number of carbonyl (C=O) groups is 1. The molecule has 0 saturated heterocycles. The SMILES string of the molecule is CC[C@@H](C(=O)n1nc(C)cc1C)[C@H](NS(=O)(=O)c1ccc(C)cc1)c1ccccc1. The molecule has 0 spiro atoms. The van der Waals surface area contributed by atoms with Gasteiger partial charge in [-0.3, -0.25) is 4.79 Å². The number of rotatable bonds is 7. The maximum atomic E-state index is 13.4. The Kier molecular flexibility index (Phi) is 6.53. The largest absolute Gasteiger partial charge is 0.272 e. The van der Waals surface area contributed by atoms with Gasteiger partial charge in [0.25, 0.3) is 5.91 Å². The average Bonchev–Trinajstić information content (AvgIpc) is 3.06. The van der Waals surface area contributed by atoms with E-state index in [0.29, 0.717) is 6.42 Å². The van der Waals surface area contributed by atoms with Gasteiger partial charge in [0.15, 0.2) is 0 Å². The highest BCUT2D eigenvalue weighted by molar-refractivity contribution is 7.89. The van der Waals surface area contributed by atoms with Gasteiger partial charge in [-0.2, -0.15) is 5.10 Å².